The molecule has 0 saturated heterocycles. The predicted molar refractivity (Wildman–Crippen MR) is 80.8 cm³/mol. The highest BCUT2D eigenvalue weighted by molar-refractivity contribution is 6.31. The van der Waals surface area contributed by atoms with Crippen LogP contribution in [0.1, 0.15) is 64.0 Å². The number of nitrogens with zero attached hydrogens (tertiary/aromatic N) is 2. The molecule has 108 valence electrons. The third kappa shape index (κ3) is 3.73. The van der Waals surface area contributed by atoms with Crippen molar-refractivity contribution in [3.63, 3.8) is 0 Å². The van der Waals surface area contributed by atoms with Gasteiger partial charge in [0.05, 0.1) is 16.9 Å². The van der Waals surface area contributed by atoms with Gasteiger partial charge in [-0.1, -0.05) is 31.9 Å². The van der Waals surface area contributed by atoms with Gasteiger partial charge < -0.3 is 5.32 Å². The van der Waals surface area contributed by atoms with Gasteiger partial charge >= 0.3 is 0 Å². The van der Waals surface area contributed by atoms with Crippen molar-refractivity contribution in [3.8, 4) is 0 Å². The average molecular weight is 284 g/mol. The lowest BCUT2D eigenvalue weighted by Gasteiger charge is -2.30. The quantitative estimate of drug-likeness (QED) is 0.856. The highest BCUT2D eigenvalue weighted by Gasteiger charge is 2.27. The topological polar surface area (TPSA) is 29.9 Å². The Labute approximate surface area is 121 Å². The fourth-order valence-corrected chi connectivity index (χ4v) is 3.44. The molecule has 2 rings (SSSR count). The van der Waals surface area contributed by atoms with Gasteiger partial charge in [-0.3, -0.25) is 4.68 Å². The first kappa shape index (κ1) is 14.9. The Morgan fingerprint density at radius 1 is 1.37 bits per heavy atom. The first-order valence-corrected chi connectivity index (χ1v) is 8.08. The number of hydrogen-bond donors (Lipinski definition) is 1. The summed E-state index contributed by atoms with van der Waals surface area (Å²) in [5, 5.41) is 8.95. The standard InChI is InChI=1S/C15H26ClN3/c1-3-8-17-13-7-5-6-12(10-13)15-14(16)11-18-19(15)9-4-2/h11-13,17H,3-10H2,1-2H3. The third-order valence-electron chi connectivity index (χ3n) is 4.01. The summed E-state index contributed by atoms with van der Waals surface area (Å²) in [4.78, 5) is 0. The Morgan fingerprint density at radius 2 is 2.21 bits per heavy atom. The molecular weight excluding hydrogens is 258 g/mol. The lowest BCUT2D eigenvalue weighted by atomic mass is 9.83. The maximum absolute atomic E-state index is 6.36. The van der Waals surface area contributed by atoms with Gasteiger partial charge in [-0.05, 0) is 38.6 Å². The molecule has 4 heteroatoms. The van der Waals surface area contributed by atoms with E-state index < -0.39 is 0 Å². The van der Waals surface area contributed by atoms with E-state index in [9.17, 15) is 0 Å². The Bertz CT molecular complexity index is 389. The van der Waals surface area contributed by atoms with Crippen molar-refractivity contribution in [1.29, 1.82) is 0 Å². The maximum Gasteiger partial charge on any atom is 0.0820 e. The molecule has 19 heavy (non-hydrogen) atoms. The molecule has 1 aliphatic rings. The number of hydrogen-bond acceptors (Lipinski definition) is 2. The minimum atomic E-state index is 0.574. The second-order valence-electron chi connectivity index (χ2n) is 5.62. The number of rotatable bonds is 6. The van der Waals surface area contributed by atoms with E-state index in [4.69, 9.17) is 11.6 Å². The zero-order valence-electron chi connectivity index (χ0n) is 12.2. The highest BCUT2D eigenvalue weighted by atomic mass is 35.5. The van der Waals surface area contributed by atoms with Crippen LogP contribution in [0, 0.1) is 0 Å². The molecule has 2 atom stereocenters. The summed E-state index contributed by atoms with van der Waals surface area (Å²) < 4.78 is 2.12. The van der Waals surface area contributed by atoms with Gasteiger partial charge in [-0.25, -0.2) is 0 Å². The Balaban J connectivity index is 2.06. The van der Waals surface area contributed by atoms with Crippen LogP contribution in [0.2, 0.25) is 5.02 Å². The van der Waals surface area contributed by atoms with E-state index in [0.717, 1.165) is 24.5 Å². The first-order chi connectivity index (χ1) is 9.26. The van der Waals surface area contributed by atoms with Crippen LogP contribution in [0.4, 0.5) is 0 Å². The van der Waals surface area contributed by atoms with E-state index in [0.29, 0.717) is 12.0 Å². The molecule has 1 aliphatic carbocycles. The Hall–Kier alpha value is -0.540. The number of halogens is 1. The van der Waals surface area contributed by atoms with Crippen LogP contribution < -0.4 is 5.32 Å². The van der Waals surface area contributed by atoms with E-state index in [2.05, 4.69) is 28.9 Å². The van der Waals surface area contributed by atoms with Crippen molar-refractivity contribution in [2.75, 3.05) is 6.54 Å². The molecule has 0 radical (unpaired) electrons. The average Bonchev–Trinajstić information content (AvgIpc) is 2.78. The number of aryl methyl sites for hydroxylation is 1. The molecule has 1 heterocycles. The first-order valence-electron chi connectivity index (χ1n) is 7.70. The van der Waals surface area contributed by atoms with E-state index >= 15 is 0 Å². The van der Waals surface area contributed by atoms with Crippen molar-refractivity contribution in [2.45, 2.75) is 70.9 Å². The summed E-state index contributed by atoms with van der Waals surface area (Å²) in [6.07, 6.45) is 9.17. The van der Waals surface area contributed by atoms with Crippen molar-refractivity contribution >= 4 is 11.6 Å². The summed E-state index contributed by atoms with van der Waals surface area (Å²) in [5.74, 6) is 0.574. The van der Waals surface area contributed by atoms with E-state index in [1.165, 1.54) is 37.8 Å². The number of nitrogens with one attached hydrogen (secondary N) is 1. The molecule has 1 aromatic rings. The van der Waals surface area contributed by atoms with E-state index in [1.807, 2.05) is 6.20 Å². The molecule has 1 saturated carbocycles. The maximum atomic E-state index is 6.36. The van der Waals surface area contributed by atoms with Crippen molar-refractivity contribution < 1.29 is 0 Å². The summed E-state index contributed by atoms with van der Waals surface area (Å²) in [6.45, 7) is 6.51. The molecule has 1 N–H and O–H groups in total. The van der Waals surface area contributed by atoms with Gasteiger partial charge in [0.25, 0.3) is 0 Å². The molecule has 0 aliphatic heterocycles. The normalized spacial score (nSPS) is 23.7. The largest absolute Gasteiger partial charge is 0.314 e. The molecule has 0 amide bonds. The molecule has 0 aromatic carbocycles. The lowest BCUT2D eigenvalue weighted by molar-refractivity contribution is 0.328. The van der Waals surface area contributed by atoms with Gasteiger partial charge in [-0.2, -0.15) is 5.10 Å². The summed E-state index contributed by atoms with van der Waals surface area (Å²) >= 11 is 6.36. The molecule has 3 nitrogen and oxygen atoms in total. The zero-order valence-corrected chi connectivity index (χ0v) is 12.9. The van der Waals surface area contributed by atoms with Crippen molar-refractivity contribution in [3.05, 3.63) is 16.9 Å². The van der Waals surface area contributed by atoms with Gasteiger partial charge in [0.2, 0.25) is 0 Å². The fourth-order valence-electron chi connectivity index (χ4n) is 3.14. The van der Waals surface area contributed by atoms with Crippen LogP contribution in [0.5, 0.6) is 0 Å². The molecule has 2 unspecified atom stereocenters. The fraction of sp³-hybridized carbons (Fsp3) is 0.800. The minimum Gasteiger partial charge on any atom is -0.314 e. The smallest absolute Gasteiger partial charge is 0.0820 e. The predicted octanol–water partition coefficient (Wildman–Crippen LogP) is 3.97. The summed E-state index contributed by atoms with van der Waals surface area (Å²) in [7, 11) is 0. The summed E-state index contributed by atoms with van der Waals surface area (Å²) in [6, 6.07) is 0.653. The highest BCUT2D eigenvalue weighted by Crippen LogP contribution is 2.36. The van der Waals surface area contributed by atoms with Gasteiger partial charge in [0, 0.05) is 18.5 Å². The lowest BCUT2D eigenvalue weighted by Crippen LogP contribution is -2.34. The molecule has 1 fully saturated rings. The monoisotopic (exact) mass is 283 g/mol. The van der Waals surface area contributed by atoms with Crippen LogP contribution in [0.25, 0.3) is 0 Å². The molecular formula is C15H26ClN3. The minimum absolute atomic E-state index is 0.574. The summed E-state index contributed by atoms with van der Waals surface area (Å²) in [5.41, 5.74) is 1.27. The van der Waals surface area contributed by atoms with Crippen LogP contribution in [-0.2, 0) is 6.54 Å². The number of aromatic nitrogens is 2. The van der Waals surface area contributed by atoms with Crippen molar-refractivity contribution in [2.24, 2.45) is 0 Å². The SMILES string of the molecule is CCCNC1CCCC(c2c(Cl)cnn2CCC)C1. The Morgan fingerprint density at radius 3 is 2.95 bits per heavy atom. The van der Waals surface area contributed by atoms with E-state index in [1.54, 1.807) is 0 Å². The van der Waals surface area contributed by atoms with Gasteiger partial charge in [-0.15, -0.1) is 0 Å². The molecule has 0 bridgehead atoms. The zero-order chi connectivity index (χ0) is 13.7. The van der Waals surface area contributed by atoms with E-state index in [-0.39, 0.29) is 0 Å². The van der Waals surface area contributed by atoms with Crippen LogP contribution in [0.15, 0.2) is 6.20 Å². The molecule has 0 spiro atoms. The third-order valence-corrected chi connectivity index (χ3v) is 4.30. The Kier molecular flexibility index (Phi) is 5.71. The van der Waals surface area contributed by atoms with Crippen molar-refractivity contribution in [1.82, 2.24) is 15.1 Å². The molecule has 1 aromatic heterocycles. The van der Waals surface area contributed by atoms with Crippen LogP contribution in [-0.4, -0.2) is 22.4 Å². The van der Waals surface area contributed by atoms with Gasteiger partial charge in [0.1, 0.15) is 0 Å². The van der Waals surface area contributed by atoms with Crippen LogP contribution in [0.3, 0.4) is 0 Å². The second kappa shape index (κ2) is 7.30. The van der Waals surface area contributed by atoms with Gasteiger partial charge in [0.15, 0.2) is 0 Å². The second-order valence-corrected chi connectivity index (χ2v) is 6.02. The van der Waals surface area contributed by atoms with Crippen LogP contribution >= 0.6 is 11.6 Å².